The summed E-state index contributed by atoms with van der Waals surface area (Å²) in [6, 6.07) is 2.38. The van der Waals surface area contributed by atoms with Gasteiger partial charge in [-0.05, 0) is 30.2 Å². The highest BCUT2D eigenvalue weighted by atomic mass is 32.1. The molecule has 3 heteroatoms. The Labute approximate surface area is 115 Å². The first-order chi connectivity index (χ1) is 8.58. The minimum Gasteiger partial charge on any atom is -0.379 e. The second kappa shape index (κ2) is 6.80. The maximum absolute atomic E-state index is 9.36. The van der Waals surface area contributed by atoms with Gasteiger partial charge in [-0.15, -0.1) is 11.3 Å². The number of hydrogen-bond donors (Lipinski definition) is 1. The molecule has 0 bridgehead atoms. The van der Waals surface area contributed by atoms with E-state index in [9.17, 15) is 5.26 Å². The van der Waals surface area contributed by atoms with Crippen molar-refractivity contribution < 1.29 is 0 Å². The van der Waals surface area contributed by atoms with Gasteiger partial charge in [-0.2, -0.15) is 5.26 Å². The third-order valence-corrected chi connectivity index (χ3v) is 5.29. The summed E-state index contributed by atoms with van der Waals surface area (Å²) in [6.45, 7) is 9.00. The van der Waals surface area contributed by atoms with Gasteiger partial charge in [0.05, 0.1) is 5.56 Å². The van der Waals surface area contributed by atoms with Crippen molar-refractivity contribution >= 4 is 16.3 Å². The normalized spacial score (nSPS) is 14.0. The number of anilines is 1. The van der Waals surface area contributed by atoms with Gasteiger partial charge in [0, 0.05) is 11.9 Å². The Kier molecular flexibility index (Phi) is 5.68. The van der Waals surface area contributed by atoms with Crippen molar-refractivity contribution in [1.82, 2.24) is 0 Å². The van der Waals surface area contributed by atoms with Gasteiger partial charge < -0.3 is 5.32 Å². The number of thiophene rings is 1. The molecule has 1 N–H and O–H groups in total. The molecule has 2 atom stereocenters. The maximum Gasteiger partial charge on any atom is 0.107 e. The fraction of sp³-hybridized carbons (Fsp3) is 0.667. The van der Waals surface area contributed by atoms with E-state index in [4.69, 9.17) is 0 Å². The molecule has 0 fully saturated rings. The van der Waals surface area contributed by atoms with Crippen molar-refractivity contribution in [3.63, 3.8) is 0 Å². The molecule has 0 saturated heterocycles. The minimum atomic E-state index is 0.631. The van der Waals surface area contributed by atoms with Gasteiger partial charge >= 0.3 is 0 Å². The van der Waals surface area contributed by atoms with Crippen molar-refractivity contribution in [3.05, 3.63) is 16.0 Å². The Bertz CT molecular complexity index is 428. The van der Waals surface area contributed by atoms with Crippen LogP contribution in [-0.2, 0) is 12.8 Å². The van der Waals surface area contributed by atoms with Gasteiger partial charge in [0.15, 0.2) is 0 Å². The Morgan fingerprint density at radius 1 is 1.28 bits per heavy atom. The summed E-state index contributed by atoms with van der Waals surface area (Å²) in [4.78, 5) is 1.37. The summed E-state index contributed by atoms with van der Waals surface area (Å²) in [7, 11) is 1.90. The van der Waals surface area contributed by atoms with Crippen LogP contribution in [0.25, 0.3) is 0 Å². The zero-order chi connectivity index (χ0) is 13.7. The van der Waals surface area contributed by atoms with Crippen molar-refractivity contribution in [2.45, 2.75) is 47.0 Å². The fourth-order valence-electron chi connectivity index (χ4n) is 2.23. The second-order valence-corrected chi connectivity index (χ2v) is 6.10. The molecule has 1 aromatic heterocycles. The number of nitrogens with one attached hydrogen (secondary N) is 1. The maximum atomic E-state index is 9.36. The molecule has 1 heterocycles. The first kappa shape index (κ1) is 15.0. The van der Waals surface area contributed by atoms with E-state index < -0.39 is 0 Å². The van der Waals surface area contributed by atoms with E-state index in [0.717, 1.165) is 23.4 Å². The van der Waals surface area contributed by atoms with Crippen LogP contribution in [0.3, 0.4) is 0 Å². The van der Waals surface area contributed by atoms with Gasteiger partial charge in [-0.3, -0.25) is 0 Å². The van der Waals surface area contributed by atoms with Crippen LogP contribution < -0.4 is 5.32 Å². The Balaban J connectivity index is 3.07. The monoisotopic (exact) mass is 264 g/mol. The van der Waals surface area contributed by atoms with E-state index in [1.54, 1.807) is 11.3 Å². The molecule has 0 aromatic carbocycles. The second-order valence-electron chi connectivity index (χ2n) is 4.99. The first-order valence-corrected chi connectivity index (χ1v) is 7.62. The number of hydrogen-bond acceptors (Lipinski definition) is 3. The van der Waals surface area contributed by atoms with Crippen LogP contribution in [0, 0.1) is 23.2 Å². The van der Waals surface area contributed by atoms with E-state index in [1.807, 2.05) is 7.05 Å². The number of nitriles is 1. The van der Waals surface area contributed by atoms with Crippen molar-refractivity contribution in [2.75, 3.05) is 12.4 Å². The summed E-state index contributed by atoms with van der Waals surface area (Å²) >= 11 is 1.74. The summed E-state index contributed by atoms with van der Waals surface area (Å²) in [5.41, 5.74) is 2.15. The van der Waals surface area contributed by atoms with Gasteiger partial charge in [0.1, 0.15) is 11.1 Å². The third-order valence-electron chi connectivity index (χ3n) is 3.89. The standard InChI is InChI=1S/C15H24N2S/c1-6-10(3)11(4)8-12-13(9-16)15(17-5)18-14(12)7-2/h10-11,17H,6-8H2,1-5H3. The Morgan fingerprint density at radius 3 is 2.39 bits per heavy atom. The molecule has 1 aromatic rings. The SMILES string of the molecule is CCc1sc(NC)c(C#N)c1CC(C)C(C)CC. The van der Waals surface area contributed by atoms with Gasteiger partial charge in [0.2, 0.25) is 0 Å². The van der Waals surface area contributed by atoms with Crippen LogP contribution in [0.4, 0.5) is 5.00 Å². The van der Waals surface area contributed by atoms with E-state index in [-0.39, 0.29) is 0 Å². The fourth-order valence-corrected chi connectivity index (χ4v) is 3.31. The largest absolute Gasteiger partial charge is 0.379 e. The van der Waals surface area contributed by atoms with Crippen molar-refractivity contribution in [1.29, 1.82) is 5.26 Å². The summed E-state index contributed by atoms with van der Waals surface area (Å²) in [6.07, 6.45) is 3.25. The van der Waals surface area contributed by atoms with Gasteiger partial charge in [0.25, 0.3) is 0 Å². The van der Waals surface area contributed by atoms with Crippen LogP contribution in [0.15, 0.2) is 0 Å². The van der Waals surface area contributed by atoms with Crippen LogP contribution in [0.2, 0.25) is 0 Å². The highest BCUT2D eigenvalue weighted by Gasteiger charge is 2.20. The number of aryl methyl sites for hydroxylation is 1. The average molecular weight is 264 g/mol. The van der Waals surface area contributed by atoms with Gasteiger partial charge in [-0.25, -0.2) is 0 Å². The Morgan fingerprint density at radius 2 is 1.94 bits per heavy atom. The molecule has 2 nitrogen and oxygen atoms in total. The lowest BCUT2D eigenvalue weighted by atomic mass is 9.87. The highest BCUT2D eigenvalue weighted by molar-refractivity contribution is 7.16. The molecule has 0 radical (unpaired) electrons. The van der Waals surface area contributed by atoms with Crippen LogP contribution in [0.1, 0.15) is 50.1 Å². The van der Waals surface area contributed by atoms with Crippen LogP contribution >= 0.6 is 11.3 Å². The zero-order valence-corrected chi connectivity index (χ0v) is 12.9. The van der Waals surface area contributed by atoms with Gasteiger partial charge in [-0.1, -0.05) is 34.1 Å². The molecule has 0 aliphatic rings. The third kappa shape index (κ3) is 3.05. The molecule has 2 unspecified atom stereocenters. The zero-order valence-electron chi connectivity index (χ0n) is 12.1. The van der Waals surface area contributed by atoms with E-state index in [1.165, 1.54) is 16.9 Å². The first-order valence-electron chi connectivity index (χ1n) is 6.81. The molecule has 1 rings (SSSR count). The summed E-state index contributed by atoms with van der Waals surface area (Å²) < 4.78 is 0. The van der Waals surface area contributed by atoms with E-state index in [0.29, 0.717) is 11.8 Å². The molecule has 100 valence electrons. The molecule has 0 amide bonds. The molecule has 0 aliphatic carbocycles. The average Bonchev–Trinajstić information content (AvgIpc) is 2.74. The smallest absolute Gasteiger partial charge is 0.107 e. The summed E-state index contributed by atoms with van der Waals surface area (Å²) in [5, 5.41) is 13.5. The Hall–Kier alpha value is -1.01. The lowest BCUT2D eigenvalue weighted by molar-refractivity contribution is 0.375. The molecule has 0 spiro atoms. The molecular formula is C15H24N2S. The molecule has 0 saturated carbocycles. The molecular weight excluding hydrogens is 240 g/mol. The molecule has 0 aliphatic heterocycles. The quantitative estimate of drug-likeness (QED) is 0.824. The topological polar surface area (TPSA) is 35.8 Å². The van der Waals surface area contributed by atoms with E-state index >= 15 is 0 Å². The number of nitrogens with zero attached hydrogens (tertiary/aromatic N) is 1. The van der Waals surface area contributed by atoms with Crippen LogP contribution in [0.5, 0.6) is 0 Å². The van der Waals surface area contributed by atoms with Crippen molar-refractivity contribution in [2.24, 2.45) is 11.8 Å². The summed E-state index contributed by atoms with van der Waals surface area (Å²) in [5.74, 6) is 1.34. The van der Waals surface area contributed by atoms with E-state index in [2.05, 4.69) is 39.1 Å². The minimum absolute atomic E-state index is 0.631. The van der Waals surface area contributed by atoms with Crippen molar-refractivity contribution in [3.8, 4) is 6.07 Å². The lowest BCUT2D eigenvalue weighted by Crippen LogP contribution is -2.11. The molecule has 18 heavy (non-hydrogen) atoms. The number of rotatable bonds is 6. The predicted octanol–water partition coefficient (Wildman–Crippen LogP) is 4.45. The predicted molar refractivity (Wildman–Crippen MR) is 80.3 cm³/mol. The lowest BCUT2D eigenvalue weighted by Gasteiger charge is -2.18. The van der Waals surface area contributed by atoms with Crippen LogP contribution in [-0.4, -0.2) is 7.05 Å². The highest BCUT2D eigenvalue weighted by Crippen LogP contribution is 2.35.